The minimum absolute atomic E-state index is 0.261. The van der Waals surface area contributed by atoms with E-state index in [9.17, 15) is 0 Å². The fourth-order valence-electron chi connectivity index (χ4n) is 6.39. The van der Waals surface area contributed by atoms with Gasteiger partial charge in [0, 0.05) is 59.3 Å². The molecule has 45 heavy (non-hydrogen) atoms. The number of rotatable bonds is 8. The first-order valence-corrected chi connectivity index (χ1v) is 15.3. The summed E-state index contributed by atoms with van der Waals surface area (Å²) in [7, 11) is 4.80. The monoisotopic (exact) mass is 643 g/mol. The van der Waals surface area contributed by atoms with Gasteiger partial charge in [-0.2, -0.15) is 0 Å². The van der Waals surface area contributed by atoms with Gasteiger partial charge in [0.15, 0.2) is 0 Å². The number of hydrogen-bond donors (Lipinski definition) is 1. The van der Waals surface area contributed by atoms with Crippen LogP contribution < -0.4 is 24.4 Å². The molecule has 0 unspecified atom stereocenters. The Labute approximate surface area is 271 Å². The van der Waals surface area contributed by atoms with Gasteiger partial charge in [-0.15, -0.1) is 5.92 Å². The maximum absolute atomic E-state index is 6.82. The molecule has 9 nitrogen and oxygen atoms in total. The largest absolute Gasteiger partial charge is 0.496 e. The molecule has 3 aromatic heterocycles. The molecule has 2 aliphatic heterocycles. The van der Waals surface area contributed by atoms with Crippen LogP contribution in [0.25, 0.3) is 38.9 Å². The number of hydrogen-bond acceptors (Lipinski definition) is 8. The maximum atomic E-state index is 6.82. The molecule has 2 bridgehead atoms. The summed E-state index contributed by atoms with van der Waals surface area (Å²) in [5.74, 6) is 7.72. The fraction of sp³-hybridized carbons (Fsp3) is 0.294. The van der Waals surface area contributed by atoms with Crippen LogP contribution in [0.4, 0.5) is 11.4 Å². The molecule has 0 aliphatic carbocycles. The number of pyridine rings is 2. The summed E-state index contributed by atoms with van der Waals surface area (Å²) in [4.78, 5) is 12.0. The van der Waals surface area contributed by atoms with Crippen molar-refractivity contribution in [1.29, 1.82) is 0 Å². The average molecular weight is 645 g/mol. The number of fused-ring (bicyclic) bond motifs is 5. The van der Waals surface area contributed by atoms with Gasteiger partial charge in [0.2, 0.25) is 0 Å². The first-order chi connectivity index (χ1) is 21.9. The Morgan fingerprint density at radius 1 is 0.978 bits per heavy atom. The molecule has 0 saturated carbocycles. The van der Waals surface area contributed by atoms with Crippen LogP contribution >= 0.6 is 23.2 Å². The predicted octanol–water partition coefficient (Wildman–Crippen LogP) is 6.96. The van der Waals surface area contributed by atoms with Gasteiger partial charge in [0.1, 0.15) is 22.9 Å². The van der Waals surface area contributed by atoms with E-state index in [1.807, 2.05) is 35.9 Å². The third-order valence-electron chi connectivity index (χ3n) is 8.54. The summed E-state index contributed by atoms with van der Waals surface area (Å²) >= 11 is 13.6. The molecule has 0 radical (unpaired) electrons. The van der Waals surface area contributed by atoms with Gasteiger partial charge in [0.25, 0.3) is 0 Å². The van der Waals surface area contributed by atoms with E-state index in [0.717, 1.165) is 64.4 Å². The van der Waals surface area contributed by atoms with Crippen LogP contribution in [0.1, 0.15) is 13.3 Å². The van der Waals surface area contributed by atoms with Gasteiger partial charge in [-0.25, -0.2) is 4.98 Å². The predicted molar refractivity (Wildman–Crippen MR) is 178 cm³/mol. The highest BCUT2D eigenvalue weighted by atomic mass is 35.5. The number of morpholine rings is 1. The zero-order chi connectivity index (χ0) is 31.2. The van der Waals surface area contributed by atoms with Crippen LogP contribution in [0.3, 0.4) is 0 Å². The second-order valence-corrected chi connectivity index (χ2v) is 11.7. The zero-order valence-electron chi connectivity index (χ0n) is 25.3. The van der Waals surface area contributed by atoms with Crippen LogP contribution in [0.5, 0.6) is 17.2 Å². The van der Waals surface area contributed by atoms with Crippen molar-refractivity contribution in [2.24, 2.45) is 0 Å². The van der Waals surface area contributed by atoms with Crippen molar-refractivity contribution in [2.45, 2.75) is 25.5 Å². The summed E-state index contributed by atoms with van der Waals surface area (Å²) < 4.78 is 24.9. The quantitative estimate of drug-likeness (QED) is 0.182. The van der Waals surface area contributed by atoms with Crippen molar-refractivity contribution in [2.75, 3.05) is 51.2 Å². The highest BCUT2D eigenvalue weighted by Gasteiger charge is 2.40. The lowest BCUT2D eigenvalue weighted by Crippen LogP contribution is -2.37. The maximum Gasteiger partial charge on any atom is 0.145 e. The number of nitrogens with zero attached hydrogens (tertiary/aromatic N) is 4. The summed E-state index contributed by atoms with van der Waals surface area (Å²) in [6.07, 6.45) is 6.79. The van der Waals surface area contributed by atoms with E-state index < -0.39 is 0 Å². The van der Waals surface area contributed by atoms with Crippen molar-refractivity contribution in [3.8, 4) is 51.5 Å². The lowest BCUT2D eigenvalue weighted by Gasteiger charge is -2.31. The molecular weight excluding hydrogens is 613 g/mol. The van der Waals surface area contributed by atoms with Gasteiger partial charge in [0.05, 0.1) is 79.3 Å². The van der Waals surface area contributed by atoms with Crippen molar-refractivity contribution < 1.29 is 18.9 Å². The average Bonchev–Trinajstić information content (AvgIpc) is 3.83. The van der Waals surface area contributed by atoms with E-state index in [-0.39, 0.29) is 6.10 Å². The third kappa shape index (κ3) is 4.94. The summed E-state index contributed by atoms with van der Waals surface area (Å²) in [5.41, 5.74) is 6.54. The SMILES string of the molecule is CC#CCNc1cc(-c2cc3c(cn2)cc(-c2c(Cl)c(OC)cc(OC)c2Cl)c2nccn23)c(OC)cc1N1C[C@@H]2C[C@H]1CO2. The van der Waals surface area contributed by atoms with Crippen LogP contribution in [0.2, 0.25) is 10.0 Å². The summed E-state index contributed by atoms with van der Waals surface area (Å²) in [5, 5.41) is 5.13. The minimum atomic E-state index is 0.261. The number of benzene rings is 2. The first-order valence-electron chi connectivity index (χ1n) is 14.6. The molecule has 0 spiro atoms. The molecule has 2 aliphatic rings. The normalized spacial score (nSPS) is 17.1. The number of nitrogens with one attached hydrogen (secondary N) is 1. The molecule has 7 rings (SSSR count). The van der Waals surface area contributed by atoms with Gasteiger partial charge in [-0.3, -0.25) is 9.38 Å². The topological polar surface area (TPSA) is 82.4 Å². The van der Waals surface area contributed by atoms with E-state index in [1.54, 1.807) is 33.6 Å². The van der Waals surface area contributed by atoms with Crippen molar-refractivity contribution in [3.05, 3.63) is 59.0 Å². The second kappa shape index (κ2) is 11.9. The number of halogens is 2. The lowest BCUT2D eigenvalue weighted by atomic mass is 10.0. The van der Waals surface area contributed by atoms with Crippen LogP contribution in [-0.2, 0) is 4.74 Å². The molecule has 5 aromatic rings. The van der Waals surface area contributed by atoms with E-state index >= 15 is 0 Å². The first kappa shape index (κ1) is 29.4. The van der Waals surface area contributed by atoms with Crippen LogP contribution in [-0.4, -0.2) is 67.5 Å². The molecule has 2 atom stereocenters. The summed E-state index contributed by atoms with van der Waals surface area (Å²) in [6, 6.07) is 10.2. The molecule has 5 heterocycles. The van der Waals surface area contributed by atoms with Gasteiger partial charge < -0.3 is 29.2 Å². The second-order valence-electron chi connectivity index (χ2n) is 10.9. The number of ether oxygens (including phenoxy) is 4. The van der Waals surface area contributed by atoms with Crippen molar-refractivity contribution >= 4 is 51.1 Å². The number of anilines is 2. The Morgan fingerprint density at radius 2 is 1.76 bits per heavy atom. The standard InChI is InChI=1S/C34H31Cl2N5O4/c1-5-6-7-37-25-12-22(28(42-2)14-27(25)41-17-21-11-20(41)18-45-21)24-13-26-19(16-39-24)10-23(34-38-8-9-40(26)34)31-32(35)29(43-3)15-30(44-4)33(31)36/h8-10,12-16,20-21,37H,7,11,17-18H2,1-4H3/t20-,21-/m0/s1. The number of imidazole rings is 1. The Kier molecular flexibility index (Phi) is 7.74. The molecular formula is C34H31Cl2N5O4. The molecule has 11 heteroatoms. The molecule has 1 N–H and O–H groups in total. The van der Waals surface area contributed by atoms with Gasteiger partial charge in [-0.05, 0) is 31.5 Å². The van der Waals surface area contributed by atoms with E-state index in [1.165, 1.54) is 0 Å². The molecule has 2 saturated heterocycles. The number of methoxy groups -OCH3 is 3. The molecule has 2 aromatic carbocycles. The Bertz CT molecular complexity index is 1990. The number of aromatic nitrogens is 3. The smallest absolute Gasteiger partial charge is 0.145 e. The van der Waals surface area contributed by atoms with Crippen LogP contribution in [0, 0.1) is 11.8 Å². The summed E-state index contributed by atoms with van der Waals surface area (Å²) in [6.45, 7) is 3.95. The van der Waals surface area contributed by atoms with Crippen molar-refractivity contribution in [1.82, 2.24) is 14.4 Å². The minimum Gasteiger partial charge on any atom is -0.496 e. The fourth-order valence-corrected chi connectivity index (χ4v) is 7.09. The van der Waals surface area contributed by atoms with E-state index in [0.29, 0.717) is 45.3 Å². The van der Waals surface area contributed by atoms with E-state index in [4.69, 9.17) is 47.1 Å². The highest BCUT2D eigenvalue weighted by Crippen LogP contribution is 2.48. The molecule has 2 fully saturated rings. The van der Waals surface area contributed by atoms with Gasteiger partial charge >= 0.3 is 0 Å². The zero-order valence-corrected chi connectivity index (χ0v) is 26.8. The Hall–Kier alpha value is -4.36. The lowest BCUT2D eigenvalue weighted by molar-refractivity contribution is 0.0991. The third-order valence-corrected chi connectivity index (χ3v) is 9.29. The molecule has 0 amide bonds. The van der Waals surface area contributed by atoms with Crippen molar-refractivity contribution in [3.63, 3.8) is 0 Å². The molecule has 230 valence electrons. The van der Waals surface area contributed by atoms with Gasteiger partial charge in [-0.1, -0.05) is 29.1 Å². The van der Waals surface area contributed by atoms with Crippen LogP contribution in [0.15, 0.2) is 48.9 Å². The Balaban J connectivity index is 1.38. The highest BCUT2D eigenvalue weighted by molar-refractivity contribution is 6.41. The van der Waals surface area contributed by atoms with E-state index in [2.05, 4.69) is 39.2 Å². The Morgan fingerprint density at radius 3 is 2.42 bits per heavy atom.